The van der Waals surface area contributed by atoms with Crippen molar-refractivity contribution in [1.29, 1.82) is 0 Å². The minimum atomic E-state index is -1.12. The number of nitrogens with two attached hydrogens (primary N) is 1. The lowest BCUT2D eigenvalue weighted by Gasteiger charge is -2.27. The van der Waals surface area contributed by atoms with Crippen molar-refractivity contribution in [3.05, 3.63) is 63.6 Å². The van der Waals surface area contributed by atoms with Gasteiger partial charge in [0.05, 0.1) is 13.2 Å². The summed E-state index contributed by atoms with van der Waals surface area (Å²) in [6, 6.07) is 13.1. The van der Waals surface area contributed by atoms with E-state index in [0.29, 0.717) is 0 Å². The van der Waals surface area contributed by atoms with Gasteiger partial charge in [-0.2, -0.15) is 0 Å². The molecule has 3 N–H and O–H groups in total. The first kappa shape index (κ1) is 18.5. The third-order valence-corrected chi connectivity index (χ3v) is 4.64. The number of nitrogens with one attached hydrogen (secondary N) is 1. The summed E-state index contributed by atoms with van der Waals surface area (Å²) in [4.78, 5) is 12.7. The molecule has 128 valence electrons. The molecule has 24 heavy (non-hydrogen) atoms. The number of rotatable bonds is 5. The van der Waals surface area contributed by atoms with Gasteiger partial charge in [-0.1, -0.05) is 45.8 Å². The minimum absolute atomic E-state index is 0.217. The number of aryl methyl sites for hydroxylation is 1. The van der Waals surface area contributed by atoms with Gasteiger partial charge >= 0.3 is 0 Å². The van der Waals surface area contributed by atoms with E-state index in [-0.39, 0.29) is 11.9 Å². The highest BCUT2D eigenvalue weighted by Gasteiger charge is 2.31. The Morgan fingerprint density at radius 3 is 2.46 bits per heavy atom. The molecule has 0 radical (unpaired) electrons. The third kappa shape index (κ3) is 3.97. The van der Waals surface area contributed by atoms with Gasteiger partial charge in [-0.15, -0.1) is 0 Å². The van der Waals surface area contributed by atoms with Crippen molar-refractivity contribution in [3.63, 3.8) is 0 Å². The molecule has 0 aliphatic heterocycles. The molecule has 2 rings (SSSR count). The lowest BCUT2D eigenvalue weighted by Crippen LogP contribution is -2.49. The van der Waals surface area contributed by atoms with E-state index in [9.17, 15) is 4.79 Å². The normalized spacial score (nSPS) is 14.6. The second-order valence-corrected chi connectivity index (χ2v) is 7.07. The quantitative estimate of drug-likeness (QED) is 0.815. The molecule has 0 aliphatic rings. The summed E-state index contributed by atoms with van der Waals surface area (Å²) >= 11 is 3.39. The predicted octanol–water partition coefficient (Wildman–Crippen LogP) is 3.82. The SMILES string of the molecule is COc1ccc(C)cc1C(C)NC(=O)C(C)(N)c1ccc(Br)cc1. The van der Waals surface area contributed by atoms with Crippen molar-refractivity contribution < 1.29 is 9.53 Å². The monoisotopic (exact) mass is 390 g/mol. The second-order valence-electron chi connectivity index (χ2n) is 6.15. The van der Waals surface area contributed by atoms with Gasteiger partial charge in [0.25, 0.3) is 0 Å². The van der Waals surface area contributed by atoms with Crippen LogP contribution in [0.3, 0.4) is 0 Å². The van der Waals surface area contributed by atoms with Gasteiger partial charge in [-0.3, -0.25) is 4.79 Å². The highest BCUT2D eigenvalue weighted by atomic mass is 79.9. The third-order valence-electron chi connectivity index (χ3n) is 4.11. The number of halogens is 1. The molecule has 0 aromatic heterocycles. The summed E-state index contributed by atoms with van der Waals surface area (Å²) in [6.45, 7) is 5.64. The fraction of sp³-hybridized carbons (Fsp3) is 0.316. The first-order valence-electron chi connectivity index (χ1n) is 7.76. The maximum absolute atomic E-state index is 12.7. The smallest absolute Gasteiger partial charge is 0.244 e. The van der Waals surface area contributed by atoms with Crippen LogP contribution in [0.15, 0.2) is 46.9 Å². The van der Waals surface area contributed by atoms with Crippen LogP contribution in [0.4, 0.5) is 0 Å². The van der Waals surface area contributed by atoms with Gasteiger partial charge in [-0.05, 0) is 44.5 Å². The molecule has 5 heteroatoms. The van der Waals surface area contributed by atoms with Gasteiger partial charge in [0, 0.05) is 10.0 Å². The van der Waals surface area contributed by atoms with Crippen LogP contribution in [0.2, 0.25) is 0 Å². The number of hydrogen-bond donors (Lipinski definition) is 2. The summed E-state index contributed by atoms with van der Waals surface area (Å²) in [7, 11) is 1.62. The van der Waals surface area contributed by atoms with Crippen LogP contribution >= 0.6 is 15.9 Å². The molecule has 0 spiro atoms. The number of methoxy groups -OCH3 is 1. The summed E-state index contributed by atoms with van der Waals surface area (Å²) < 4.78 is 6.34. The van der Waals surface area contributed by atoms with Crippen molar-refractivity contribution in [2.24, 2.45) is 5.73 Å². The van der Waals surface area contributed by atoms with Crippen LogP contribution in [-0.4, -0.2) is 13.0 Å². The summed E-state index contributed by atoms with van der Waals surface area (Å²) in [5.74, 6) is 0.511. The van der Waals surface area contributed by atoms with Gasteiger partial charge in [-0.25, -0.2) is 0 Å². The standard InChI is InChI=1S/C19H23BrN2O2/c1-12-5-10-17(24-4)16(11-12)13(2)22-18(23)19(3,21)14-6-8-15(20)9-7-14/h5-11,13H,21H2,1-4H3,(H,22,23). The molecule has 0 aliphatic carbocycles. The van der Waals surface area contributed by atoms with E-state index in [1.54, 1.807) is 14.0 Å². The zero-order valence-electron chi connectivity index (χ0n) is 14.4. The predicted molar refractivity (Wildman–Crippen MR) is 100.0 cm³/mol. The Morgan fingerprint density at radius 2 is 1.88 bits per heavy atom. The zero-order chi connectivity index (χ0) is 17.9. The van der Waals surface area contributed by atoms with Gasteiger partial charge in [0.1, 0.15) is 11.3 Å². The summed E-state index contributed by atoms with van der Waals surface area (Å²) in [6.07, 6.45) is 0. The number of hydrogen-bond acceptors (Lipinski definition) is 3. The average molecular weight is 391 g/mol. The van der Waals surface area contributed by atoms with E-state index in [1.165, 1.54) is 0 Å². The maximum Gasteiger partial charge on any atom is 0.244 e. The first-order chi connectivity index (χ1) is 11.3. The minimum Gasteiger partial charge on any atom is -0.496 e. The average Bonchev–Trinajstić information content (AvgIpc) is 2.55. The van der Waals surface area contributed by atoms with E-state index in [0.717, 1.165) is 26.9 Å². The van der Waals surface area contributed by atoms with Gasteiger partial charge in [0.2, 0.25) is 5.91 Å². The maximum atomic E-state index is 12.7. The Balaban J connectivity index is 2.22. The van der Waals surface area contributed by atoms with E-state index in [4.69, 9.17) is 10.5 Å². The molecule has 1 amide bonds. The van der Waals surface area contributed by atoms with Crippen molar-refractivity contribution in [1.82, 2.24) is 5.32 Å². The fourth-order valence-corrected chi connectivity index (χ4v) is 2.81. The lowest BCUT2D eigenvalue weighted by molar-refractivity contribution is -0.126. The number of carbonyl (C=O) groups is 1. The molecule has 0 fully saturated rings. The molecule has 2 atom stereocenters. The molecule has 2 unspecified atom stereocenters. The number of carbonyl (C=O) groups excluding carboxylic acids is 1. The molecular weight excluding hydrogens is 368 g/mol. The van der Waals surface area contributed by atoms with Crippen LogP contribution in [-0.2, 0) is 10.3 Å². The Kier molecular flexibility index (Phi) is 5.67. The van der Waals surface area contributed by atoms with Crippen LogP contribution < -0.4 is 15.8 Å². The summed E-state index contributed by atoms with van der Waals surface area (Å²) in [5.41, 5.74) is 7.97. The molecule has 0 saturated heterocycles. The van der Waals surface area contributed by atoms with Crippen LogP contribution in [0.5, 0.6) is 5.75 Å². The highest BCUT2D eigenvalue weighted by molar-refractivity contribution is 9.10. The molecule has 2 aromatic carbocycles. The zero-order valence-corrected chi connectivity index (χ0v) is 16.0. The molecule has 2 aromatic rings. The first-order valence-corrected chi connectivity index (χ1v) is 8.55. The van der Waals surface area contributed by atoms with E-state index >= 15 is 0 Å². The van der Waals surface area contributed by atoms with E-state index in [2.05, 4.69) is 21.2 Å². The largest absolute Gasteiger partial charge is 0.496 e. The molecule has 4 nitrogen and oxygen atoms in total. The topological polar surface area (TPSA) is 64.3 Å². The van der Waals surface area contributed by atoms with Crippen molar-refractivity contribution in [2.45, 2.75) is 32.4 Å². The van der Waals surface area contributed by atoms with Crippen molar-refractivity contribution in [3.8, 4) is 5.75 Å². The number of benzene rings is 2. The van der Waals surface area contributed by atoms with E-state index < -0.39 is 5.54 Å². The van der Waals surface area contributed by atoms with Crippen molar-refractivity contribution >= 4 is 21.8 Å². The molecule has 0 saturated carbocycles. The van der Waals surface area contributed by atoms with Gasteiger partial charge < -0.3 is 15.8 Å². The van der Waals surface area contributed by atoms with Gasteiger partial charge in [0.15, 0.2) is 0 Å². The number of amides is 1. The fourth-order valence-electron chi connectivity index (χ4n) is 2.54. The summed E-state index contributed by atoms with van der Waals surface area (Å²) in [5, 5.41) is 3.00. The van der Waals surface area contributed by atoms with E-state index in [1.807, 2.05) is 56.3 Å². The highest BCUT2D eigenvalue weighted by Crippen LogP contribution is 2.27. The van der Waals surface area contributed by atoms with Crippen molar-refractivity contribution in [2.75, 3.05) is 7.11 Å². The molecule has 0 heterocycles. The van der Waals surface area contributed by atoms with Crippen LogP contribution in [0.25, 0.3) is 0 Å². The van der Waals surface area contributed by atoms with Crippen LogP contribution in [0, 0.1) is 6.92 Å². The Labute approximate surface area is 151 Å². The Hall–Kier alpha value is -1.85. The second kappa shape index (κ2) is 7.36. The molecular formula is C19H23BrN2O2. The lowest BCUT2D eigenvalue weighted by atomic mass is 9.91. The molecule has 0 bridgehead atoms. The Bertz CT molecular complexity index is 727. The Morgan fingerprint density at radius 1 is 1.25 bits per heavy atom. The van der Waals surface area contributed by atoms with Crippen LogP contribution in [0.1, 0.15) is 36.6 Å². The number of ether oxygens (including phenoxy) is 1.